The van der Waals surface area contributed by atoms with E-state index in [9.17, 15) is 5.26 Å². The molecule has 1 aliphatic rings. The van der Waals surface area contributed by atoms with E-state index < -0.39 is 5.54 Å². The molecule has 1 heterocycles. The van der Waals surface area contributed by atoms with Gasteiger partial charge in [0.25, 0.3) is 0 Å². The van der Waals surface area contributed by atoms with Crippen molar-refractivity contribution in [2.45, 2.75) is 25.8 Å². The molecule has 0 spiro atoms. The molecule has 1 aromatic carbocycles. The molecule has 1 saturated heterocycles. The summed E-state index contributed by atoms with van der Waals surface area (Å²) in [6.45, 7) is 8.47. The standard InChI is InChI=1S/C16H23N3O/c1-3-20-15-6-4-14(5-7-15)12-16(2,13-17)19-10-8-18-9-11-19/h4-7,18H,3,8-12H2,1-2H3. The molecule has 20 heavy (non-hydrogen) atoms. The number of nitrogens with one attached hydrogen (secondary N) is 1. The van der Waals surface area contributed by atoms with E-state index in [-0.39, 0.29) is 0 Å². The van der Waals surface area contributed by atoms with Gasteiger partial charge in [-0.05, 0) is 31.5 Å². The Morgan fingerprint density at radius 3 is 2.50 bits per heavy atom. The lowest BCUT2D eigenvalue weighted by Gasteiger charge is -2.39. The largest absolute Gasteiger partial charge is 0.494 e. The Labute approximate surface area is 121 Å². The zero-order valence-electron chi connectivity index (χ0n) is 12.4. The molecule has 1 fully saturated rings. The fraction of sp³-hybridized carbons (Fsp3) is 0.562. The summed E-state index contributed by atoms with van der Waals surface area (Å²) in [7, 11) is 0. The Morgan fingerprint density at radius 1 is 1.30 bits per heavy atom. The van der Waals surface area contributed by atoms with E-state index in [1.54, 1.807) is 0 Å². The molecule has 108 valence electrons. The Balaban J connectivity index is 2.06. The summed E-state index contributed by atoms with van der Waals surface area (Å²) in [5.41, 5.74) is 0.742. The number of rotatable bonds is 5. The number of nitriles is 1. The fourth-order valence-electron chi connectivity index (χ4n) is 2.65. The van der Waals surface area contributed by atoms with Crippen LogP contribution in [0.1, 0.15) is 19.4 Å². The molecule has 4 nitrogen and oxygen atoms in total. The van der Waals surface area contributed by atoms with E-state index in [1.165, 1.54) is 5.56 Å². The van der Waals surface area contributed by atoms with Gasteiger partial charge in [0.2, 0.25) is 0 Å². The molecule has 2 rings (SSSR count). The van der Waals surface area contributed by atoms with Crippen molar-refractivity contribution in [2.24, 2.45) is 0 Å². The Hall–Kier alpha value is -1.57. The molecule has 1 atom stereocenters. The van der Waals surface area contributed by atoms with Crippen LogP contribution in [0, 0.1) is 11.3 Å². The van der Waals surface area contributed by atoms with Crippen molar-refractivity contribution in [3.8, 4) is 11.8 Å². The van der Waals surface area contributed by atoms with Gasteiger partial charge in [-0.1, -0.05) is 12.1 Å². The van der Waals surface area contributed by atoms with Gasteiger partial charge >= 0.3 is 0 Å². The Bertz CT molecular complexity index is 460. The van der Waals surface area contributed by atoms with Crippen molar-refractivity contribution in [3.05, 3.63) is 29.8 Å². The first-order valence-electron chi connectivity index (χ1n) is 7.27. The molecule has 1 aromatic rings. The molecular formula is C16H23N3O. The lowest BCUT2D eigenvalue weighted by Crippen LogP contribution is -2.55. The summed E-state index contributed by atoms with van der Waals surface area (Å²) in [5, 5.41) is 12.9. The number of piperazine rings is 1. The predicted molar refractivity (Wildman–Crippen MR) is 79.8 cm³/mol. The summed E-state index contributed by atoms with van der Waals surface area (Å²) >= 11 is 0. The van der Waals surface area contributed by atoms with Gasteiger partial charge in [0.05, 0.1) is 12.7 Å². The van der Waals surface area contributed by atoms with Gasteiger partial charge in [-0.3, -0.25) is 4.90 Å². The van der Waals surface area contributed by atoms with Crippen LogP contribution >= 0.6 is 0 Å². The number of benzene rings is 1. The van der Waals surface area contributed by atoms with Gasteiger partial charge in [-0.25, -0.2) is 0 Å². The minimum Gasteiger partial charge on any atom is -0.494 e. The lowest BCUT2D eigenvalue weighted by atomic mass is 9.91. The van der Waals surface area contributed by atoms with Gasteiger partial charge in [0.15, 0.2) is 0 Å². The number of ether oxygens (including phenoxy) is 1. The molecular weight excluding hydrogens is 250 g/mol. The van der Waals surface area contributed by atoms with Crippen molar-refractivity contribution in [1.29, 1.82) is 5.26 Å². The van der Waals surface area contributed by atoms with Gasteiger partial charge in [0.1, 0.15) is 11.3 Å². The molecule has 0 radical (unpaired) electrons. The van der Waals surface area contributed by atoms with E-state index in [0.717, 1.165) is 38.3 Å². The van der Waals surface area contributed by atoms with Gasteiger partial charge in [0, 0.05) is 32.6 Å². The van der Waals surface area contributed by atoms with Crippen LogP contribution in [0.4, 0.5) is 0 Å². The number of nitrogens with zero attached hydrogens (tertiary/aromatic N) is 2. The summed E-state index contributed by atoms with van der Waals surface area (Å²) in [4.78, 5) is 2.28. The Kier molecular flexibility index (Phi) is 4.99. The van der Waals surface area contributed by atoms with Crippen molar-refractivity contribution in [1.82, 2.24) is 10.2 Å². The second-order valence-electron chi connectivity index (χ2n) is 5.38. The highest BCUT2D eigenvalue weighted by atomic mass is 16.5. The highest BCUT2D eigenvalue weighted by molar-refractivity contribution is 5.29. The van der Waals surface area contributed by atoms with Crippen LogP contribution in [-0.2, 0) is 6.42 Å². The first-order chi connectivity index (χ1) is 9.68. The fourth-order valence-corrected chi connectivity index (χ4v) is 2.65. The van der Waals surface area contributed by atoms with E-state index in [1.807, 2.05) is 26.0 Å². The first kappa shape index (κ1) is 14.8. The second-order valence-corrected chi connectivity index (χ2v) is 5.38. The number of hydrogen-bond donors (Lipinski definition) is 1. The monoisotopic (exact) mass is 273 g/mol. The minimum absolute atomic E-state index is 0.435. The summed E-state index contributed by atoms with van der Waals surface area (Å²) in [6, 6.07) is 10.6. The van der Waals surface area contributed by atoms with Crippen molar-refractivity contribution in [2.75, 3.05) is 32.8 Å². The van der Waals surface area contributed by atoms with E-state index >= 15 is 0 Å². The average Bonchev–Trinajstić information content (AvgIpc) is 2.50. The van der Waals surface area contributed by atoms with Crippen LogP contribution < -0.4 is 10.1 Å². The minimum atomic E-state index is -0.435. The predicted octanol–water partition coefficient (Wildman–Crippen LogP) is 1.82. The zero-order valence-corrected chi connectivity index (χ0v) is 12.4. The maximum Gasteiger partial charge on any atom is 0.119 e. The van der Waals surface area contributed by atoms with Crippen LogP contribution in [0.2, 0.25) is 0 Å². The van der Waals surface area contributed by atoms with Crippen LogP contribution in [-0.4, -0.2) is 43.2 Å². The van der Waals surface area contributed by atoms with Gasteiger partial charge in [-0.2, -0.15) is 5.26 Å². The average molecular weight is 273 g/mol. The second kappa shape index (κ2) is 6.74. The molecule has 1 unspecified atom stereocenters. The molecule has 4 heteroatoms. The quantitative estimate of drug-likeness (QED) is 0.889. The molecule has 0 bridgehead atoms. The van der Waals surface area contributed by atoms with Gasteiger partial charge < -0.3 is 10.1 Å². The van der Waals surface area contributed by atoms with Crippen LogP contribution in [0.5, 0.6) is 5.75 Å². The van der Waals surface area contributed by atoms with Crippen LogP contribution in [0.15, 0.2) is 24.3 Å². The third-order valence-corrected chi connectivity index (χ3v) is 3.84. The molecule has 1 aliphatic heterocycles. The van der Waals surface area contributed by atoms with Crippen molar-refractivity contribution in [3.63, 3.8) is 0 Å². The highest BCUT2D eigenvalue weighted by Gasteiger charge is 2.32. The van der Waals surface area contributed by atoms with Crippen LogP contribution in [0.3, 0.4) is 0 Å². The van der Waals surface area contributed by atoms with Crippen molar-refractivity contribution >= 4 is 0 Å². The molecule has 0 amide bonds. The number of hydrogen-bond acceptors (Lipinski definition) is 4. The van der Waals surface area contributed by atoms with E-state index in [2.05, 4.69) is 28.4 Å². The normalized spacial score (nSPS) is 19.1. The van der Waals surface area contributed by atoms with Crippen LogP contribution in [0.25, 0.3) is 0 Å². The maximum atomic E-state index is 9.60. The topological polar surface area (TPSA) is 48.3 Å². The first-order valence-corrected chi connectivity index (χ1v) is 7.27. The third-order valence-electron chi connectivity index (χ3n) is 3.84. The van der Waals surface area contributed by atoms with E-state index in [0.29, 0.717) is 6.61 Å². The summed E-state index contributed by atoms with van der Waals surface area (Å²) in [5.74, 6) is 0.886. The maximum absolute atomic E-state index is 9.60. The summed E-state index contributed by atoms with van der Waals surface area (Å²) < 4.78 is 5.45. The molecule has 0 aliphatic carbocycles. The van der Waals surface area contributed by atoms with Gasteiger partial charge in [-0.15, -0.1) is 0 Å². The molecule has 0 aromatic heterocycles. The smallest absolute Gasteiger partial charge is 0.119 e. The Morgan fingerprint density at radius 2 is 1.95 bits per heavy atom. The van der Waals surface area contributed by atoms with E-state index in [4.69, 9.17) is 4.74 Å². The molecule has 1 N–H and O–H groups in total. The SMILES string of the molecule is CCOc1ccc(CC(C)(C#N)N2CCNCC2)cc1. The lowest BCUT2D eigenvalue weighted by molar-refractivity contribution is 0.132. The highest BCUT2D eigenvalue weighted by Crippen LogP contribution is 2.22. The zero-order chi connectivity index (χ0) is 14.4. The van der Waals surface area contributed by atoms with Crippen molar-refractivity contribution < 1.29 is 4.74 Å². The summed E-state index contributed by atoms with van der Waals surface area (Å²) in [6.07, 6.45) is 0.746. The third kappa shape index (κ3) is 3.50. The molecule has 0 saturated carbocycles.